The van der Waals surface area contributed by atoms with E-state index in [0.29, 0.717) is 0 Å². The van der Waals surface area contributed by atoms with E-state index in [2.05, 4.69) is 9.05 Å². The molecule has 37 heavy (non-hydrogen) atoms. The van der Waals surface area contributed by atoms with Gasteiger partial charge in [0.2, 0.25) is 15.2 Å². The van der Waals surface area contributed by atoms with E-state index in [4.69, 9.17) is 46.4 Å². The van der Waals surface area contributed by atoms with Crippen molar-refractivity contribution < 1.29 is 56.7 Å². The van der Waals surface area contributed by atoms with E-state index in [0.717, 1.165) is 0 Å². The molecule has 2 aromatic carbocycles. The monoisotopic (exact) mass is 1050 g/mol. The van der Waals surface area contributed by atoms with Crippen LogP contribution in [-0.2, 0) is 18.3 Å². The fourth-order valence-corrected chi connectivity index (χ4v) is 6.54. The molecule has 0 N–H and O–H groups in total. The molecule has 192 valence electrons. The minimum atomic E-state index is -5.51. The molecule has 23 heteroatoms. The van der Waals surface area contributed by atoms with Gasteiger partial charge in [-0.1, -0.05) is 47.5 Å². The maximum absolute atomic E-state index is 11.3. The van der Waals surface area contributed by atoms with Crippen molar-refractivity contribution in [2.75, 3.05) is 0 Å². The molecule has 0 saturated heterocycles. The predicted octanol–water partition coefficient (Wildman–Crippen LogP) is 0.274. The molecule has 12 nitrogen and oxygen atoms in total. The van der Waals surface area contributed by atoms with E-state index < -0.39 is 40.1 Å². The third kappa shape index (κ3) is 16.5. The Morgan fingerprint density at radius 1 is 0.568 bits per heavy atom. The summed E-state index contributed by atoms with van der Waals surface area (Å²) < 4.78 is 52.5. The second kappa shape index (κ2) is 19.9. The van der Waals surface area contributed by atoms with Crippen LogP contribution in [0.1, 0.15) is 0 Å². The first-order chi connectivity index (χ1) is 15.3. The second-order valence-corrected chi connectivity index (χ2v) is 16.3. The summed E-state index contributed by atoms with van der Waals surface area (Å²) in [4.78, 5) is 59.4. The van der Waals surface area contributed by atoms with Gasteiger partial charge in [0.1, 0.15) is 21.2 Å². The minimum Gasteiger partial charge on any atom is -0.809 e. The van der Waals surface area contributed by atoms with Crippen molar-refractivity contribution in [1.82, 2.24) is 0 Å². The zero-order valence-electron chi connectivity index (χ0n) is 18.1. The summed E-state index contributed by atoms with van der Waals surface area (Å²) in [5.41, 5.74) is 0. The third-order valence-electron chi connectivity index (χ3n) is 3.17. The minimum absolute atomic E-state index is 0. The van der Waals surface area contributed by atoms with Gasteiger partial charge in [0.15, 0.2) is 0 Å². The Morgan fingerprint density at radius 2 is 0.811 bits per heavy atom. The van der Waals surface area contributed by atoms with Crippen molar-refractivity contribution in [3.63, 3.8) is 0 Å². The molecule has 0 radical (unpaired) electrons. The topological polar surface area (TPSA) is 225 Å². The van der Waals surface area contributed by atoms with Gasteiger partial charge in [-0.25, -0.2) is 0 Å². The number of hydrogen-bond donors (Lipinski definition) is 0. The van der Waals surface area contributed by atoms with Gasteiger partial charge in [-0.2, -0.15) is 0 Å². The van der Waals surface area contributed by atoms with E-state index in [1.54, 1.807) is 0 Å². The van der Waals surface area contributed by atoms with Crippen LogP contribution >= 0.6 is 76.8 Å². The number of hydrogen-bond acceptors (Lipinski definition) is 12. The molecular formula is C14H10Ba3Cl4O12P4. The molecule has 0 aromatic heterocycles. The predicted molar refractivity (Wildman–Crippen MR) is 131 cm³/mol. The number of benzene rings is 2. The van der Waals surface area contributed by atoms with E-state index in [1.165, 1.54) is 48.5 Å². The van der Waals surface area contributed by atoms with Gasteiger partial charge in [-0.3, -0.25) is 9.13 Å². The number of para-hydroxylation sites is 2. The molecule has 2 aromatic rings. The molecule has 4 atom stereocenters. The molecule has 0 fully saturated rings. The van der Waals surface area contributed by atoms with E-state index >= 15 is 0 Å². The first-order valence-electron chi connectivity index (χ1n) is 8.10. The summed E-state index contributed by atoms with van der Waals surface area (Å²) in [6.45, 7) is 0. The van der Waals surface area contributed by atoms with Gasteiger partial charge >= 0.3 is 147 Å². The average molecular weight is 1050 g/mol. The number of rotatable bonds is 8. The van der Waals surface area contributed by atoms with Gasteiger partial charge in [0.25, 0.3) is 0 Å². The largest absolute Gasteiger partial charge is 2.00 e. The molecule has 4 unspecified atom stereocenters. The Morgan fingerprint density at radius 3 is 1.03 bits per heavy atom. The van der Waals surface area contributed by atoms with Crippen LogP contribution in [0.25, 0.3) is 0 Å². The van der Waals surface area contributed by atoms with Crippen molar-refractivity contribution in [3.8, 4) is 11.5 Å². The summed E-state index contributed by atoms with van der Waals surface area (Å²) in [7, 11) is -21.2. The summed E-state index contributed by atoms with van der Waals surface area (Å²) in [6, 6.07) is 10.9. The summed E-state index contributed by atoms with van der Waals surface area (Å²) in [6.07, 6.45) is 0. The number of alkyl halides is 2. The quantitative estimate of drug-likeness (QED) is 0.198. The van der Waals surface area contributed by atoms with Crippen molar-refractivity contribution in [2.24, 2.45) is 0 Å². The normalized spacial score (nSPS) is 15.8. The molecule has 0 heterocycles. The van der Waals surface area contributed by atoms with Crippen LogP contribution in [0.15, 0.2) is 48.5 Å². The van der Waals surface area contributed by atoms with Gasteiger partial charge in [0.05, 0.1) is 10.0 Å². The molecule has 0 saturated carbocycles. The van der Waals surface area contributed by atoms with Gasteiger partial charge in [-0.05, 0) is 39.5 Å². The number of halogens is 4. The van der Waals surface area contributed by atoms with Crippen LogP contribution in [0.5, 0.6) is 11.5 Å². The first kappa shape index (κ1) is 46.0. The van der Waals surface area contributed by atoms with Gasteiger partial charge < -0.3 is 47.5 Å². The molecule has 0 spiro atoms. The Balaban J connectivity index is -0.000000578. The molecular weight excluding hydrogens is 1040 g/mol. The van der Waals surface area contributed by atoms with Crippen LogP contribution in [-0.4, -0.2) is 156 Å². The molecule has 0 bridgehead atoms. The average Bonchev–Trinajstić information content (AvgIpc) is 2.69. The SMILES string of the molecule is O=P([O-])([O-])C(Cl)P(=O)([O-])Oc1ccccc1Cl.O=P([O-])([O-])C(Cl)P(=O)([O-])Oc1ccccc1Cl.[Ba+2].[Ba+2].[Ba+2]. The zero-order valence-corrected chi connectivity index (χ0v) is 38.0. The van der Waals surface area contributed by atoms with Crippen LogP contribution in [0.3, 0.4) is 0 Å². The third-order valence-corrected chi connectivity index (χ3v) is 13.0. The Bertz CT molecular complexity index is 1110. The molecule has 0 aliphatic rings. The summed E-state index contributed by atoms with van der Waals surface area (Å²) >= 11 is 21.2. The van der Waals surface area contributed by atoms with Crippen molar-refractivity contribution in [1.29, 1.82) is 0 Å². The van der Waals surface area contributed by atoms with Crippen molar-refractivity contribution in [2.45, 2.75) is 9.72 Å². The fourth-order valence-electron chi connectivity index (χ4n) is 1.75. The fraction of sp³-hybridized carbons (Fsp3) is 0.143. The molecule has 0 aliphatic carbocycles. The second-order valence-electron chi connectivity index (χ2n) is 5.82. The van der Waals surface area contributed by atoms with Gasteiger partial charge in [-0.15, -0.1) is 23.2 Å². The molecule has 0 amide bonds. The smallest absolute Gasteiger partial charge is 0.809 e. The van der Waals surface area contributed by atoms with Crippen LogP contribution in [0.4, 0.5) is 0 Å². The van der Waals surface area contributed by atoms with Crippen LogP contribution in [0, 0.1) is 0 Å². The molecule has 0 aliphatic heterocycles. The van der Waals surface area contributed by atoms with E-state index in [9.17, 15) is 47.6 Å². The summed E-state index contributed by atoms with van der Waals surface area (Å²) in [5, 5.41) is -0.113. The standard InChI is InChI=1S/2C7H8Cl2O6P2.3Ba/c2*8-5-3-1-2-4-6(5)15-17(13,14)7(9)16(10,11)12;;;/h2*1-4,7H,(H,13,14)(H2,10,11,12);;;/q;;3*+2/p-6. The Kier molecular flexibility index (Phi) is 24.7. The van der Waals surface area contributed by atoms with E-state index in [1.807, 2.05) is 0 Å². The molecule has 2 rings (SSSR count). The van der Waals surface area contributed by atoms with Gasteiger partial charge in [0, 0.05) is 0 Å². The van der Waals surface area contributed by atoms with Crippen molar-refractivity contribution >= 4 is 223 Å². The Hall–Kier alpha value is 4.59. The van der Waals surface area contributed by atoms with E-state index in [-0.39, 0.29) is 168 Å². The zero-order chi connectivity index (χ0) is 26.5. The Labute approximate surface area is 352 Å². The van der Waals surface area contributed by atoms with Crippen LogP contribution < -0.4 is 38.4 Å². The maximum atomic E-state index is 11.3. The van der Waals surface area contributed by atoms with Crippen molar-refractivity contribution in [3.05, 3.63) is 58.6 Å². The summed E-state index contributed by atoms with van der Waals surface area (Å²) in [5.74, 6) is -0.599. The maximum Gasteiger partial charge on any atom is 2.00 e. The van der Waals surface area contributed by atoms with Crippen LogP contribution in [0.2, 0.25) is 10.0 Å². The first-order valence-corrected chi connectivity index (χ1v) is 16.2.